The number of amides is 1. The minimum Gasteiger partial charge on any atom is -0.482 e. The number of rotatable bonds is 6. The third kappa shape index (κ3) is 4.96. The van der Waals surface area contributed by atoms with E-state index in [1.165, 1.54) is 25.2 Å². The fraction of sp³-hybridized carbons (Fsp3) is 0.417. The van der Waals surface area contributed by atoms with Crippen molar-refractivity contribution in [2.45, 2.75) is 6.18 Å². The average Bonchev–Trinajstić information content (AvgIpc) is 2.41. The van der Waals surface area contributed by atoms with E-state index in [0.29, 0.717) is 5.69 Å². The molecule has 1 amide bonds. The zero-order valence-corrected chi connectivity index (χ0v) is 10.8. The molecule has 0 heterocycles. The Morgan fingerprint density at radius 3 is 2.65 bits per heavy atom. The van der Waals surface area contributed by atoms with Gasteiger partial charge in [0.15, 0.2) is 6.61 Å². The fourth-order valence-electron chi connectivity index (χ4n) is 1.42. The highest BCUT2D eigenvalue weighted by Gasteiger charge is 2.29. The van der Waals surface area contributed by atoms with Gasteiger partial charge in [-0.3, -0.25) is 4.79 Å². The molecule has 20 heavy (non-hydrogen) atoms. The molecular weight excluding hydrogens is 277 g/mol. The SMILES string of the molecule is CNc1ccc(C(=O)NCCO)cc1OCC(F)(F)F. The monoisotopic (exact) mass is 292 g/mol. The van der Waals surface area contributed by atoms with Crippen LogP contribution in [0.25, 0.3) is 0 Å². The number of hydrogen-bond acceptors (Lipinski definition) is 4. The summed E-state index contributed by atoms with van der Waals surface area (Å²) in [5, 5.41) is 13.7. The van der Waals surface area contributed by atoms with Gasteiger partial charge in [-0.1, -0.05) is 0 Å². The molecule has 0 aromatic heterocycles. The van der Waals surface area contributed by atoms with Crippen LogP contribution >= 0.6 is 0 Å². The molecule has 0 bridgehead atoms. The van der Waals surface area contributed by atoms with E-state index in [4.69, 9.17) is 5.11 Å². The molecule has 0 fully saturated rings. The number of carbonyl (C=O) groups is 1. The summed E-state index contributed by atoms with van der Waals surface area (Å²) in [4.78, 5) is 11.6. The molecule has 0 aliphatic rings. The first kappa shape index (κ1) is 16.1. The van der Waals surface area contributed by atoms with Gasteiger partial charge in [0, 0.05) is 19.2 Å². The number of hydrogen-bond donors (Lipinski definition) is 3. The van der Waals surface area contributed by atoms with Gasteiger partial charge in [-0.25, -0.2) is 0 Å². The van der Waals surface area contributed by atoms with E-state index in [-0.39, 0.29) is 24.5 Å². The Morgan fingerprint density at radius 1 is 1.40 bits per heavy atom. The average molecular weight is 292 g/mol. The third-order valence-corrected chi connectivity index (χ3v) is 2.30. The Hall–Kier alpha value is -1.96. The van der Waals surface area contributed by atoms with E-state index in [0.717, 1.165) is 0 Å². The van der Waals surface area contributed by atoms with E-state index in [1.54, 1.807) is 0 Å². The molecule has 0 aliphatic carbocycles. The van der Waals surface area contributed by atoms with Crippen molar-refractivity contribution < 1.29 is 27.8 Å². The Kier molecular flexibility index (Phi) is 5.63. The summed E-state index contributed by atoms with van der Waals surface area (Å²) >= 11 is 0. The topological polar surface area (TPSA) is 70.6 Å². The number of halogens is 3. The second-order valence-corrected chi connectivity index (χ2v) is 3.84. The van der Waals surface area contributed by atoms with Gasteiger partial charge in [0.1, 0.15) is 5.75 Å². The molecule has 1 aromatic carbocycles. The van der Waals surface area contributed by atoms with Crippen LogP contribution in [0.4, 0.5) is 18.9 Å². The quantitative estimate of drug-likeness (QED) is 0.741. The van der Waals surface area contributed by atoms with Crippen molar-refractivity contribution in [3.05, 3.63) is 23.8 Å². The van der Waals surface area contributed by atoms with Gasteiger partial charge in [-0.15, -0.1) is 0 Å². The third-order valence-electron chi connectivity index (χ3n) is 2.30. The molecule has 3 N–H and O–H groups in total. The van der Waals surface area contributed by atoms with Crippen molar-refractivity contribution >= 4 is 11.6 Å². The fourth-order valence-corrected chi connectivity index (χ4v) is 1.42. The summed E-state index contributed by atoms with van der Waals surface area (Å²) in [6, 6.07) is 4.10. The van der Waals surface area contributed by atoms with Gasteiger partial charge in [0.2, 0.25) is 0 Å². The van der Waals surface area contributed by atoms with Crippen molar-refractivity contribution in [3.8, 4) is 5.75 Å². The Labute approximate surface area is 113 Å². The van der Waals surface area contributed by atoms with Crippen LogP contribution in [0.2, 0.25) is 0 Å². The Balaban J connectivity index is 2.87. The molecule has 1 aromatic rings. The number of benzene rings is 1. The van der Waals surface area contributed by atoms with Crippen molar-refractivity contribution in [1.29, 1.82) is 0 Å². The van der Waals surface area contributed by atoms with Crippen LogP contribution in [0.5, 0.6) is 5.75 Å². The van der Waals surface area contributed by atoms with Crippen LogP contribution in [-0.2, 0) is 0 Å². The van der Waals surface area contributed by atoms with E-state index >= 15 is 0 Å². The molecular formula is C12H15F3N2O3. The summed E-state index contributed by atoms with van der Waals surface area (Å²) in [6.45, 7) is -1.60. The first-order valence-corrected chi connectivity index (χ1v) is 5.78. The summed E-state index contributed by atoms with van der Waals surface area (Å²) < 4.78 is 41.1. The molecule has 0 spiro atoms. The molecule has 0 saturated heterocycles. The van der Waals surface area contributed by atoms with Gasteiger partial charge >= 0.3 is 6.18 Å². The van der Waals surface area contributed by atoms with Crippen LogP contribution < -0.4 is 15.4 Å². The zero-order valence-electron chi connectivity index (χ0n) is 10.8. The first-order valence-electron chi connectivity index (χ1n) is 5.78. The minimum atomic E-state index is -4.46. The number of anilines is 1. The van der Waals surface area contributed by atoms with Gasteiger partial charge in [0.05, 0.1) is 12.3 Å². The number of aliphatic hydroxyl groups is 1. The maximum Gasteiger partial charge on any atom is 0.422 e. The van der Waals surface area contributed by atoms with Crippen LogP contribution in [0.15, 0.2) is 18.2 Å². The van der Waals surface area contributed by atoms with Crippen LogP contribution in [0.1, 0.15) is 10.4 Å². The lowest BCUT2D eigenvalue weighted by Crippen LogP contribution is -2.26. The number of ether oxygens (including phenoxy) is 1. The van der Waals surface area contributed by atoms with Crippen LogP contribution in [0.3, 0.4) is 0 Å². The van der Waals surface area contributed by atoms with Crippen LogP contribution in [-0.4, -0.2) is 44.0 Å². The highest BCUT2D eigenvalue weighted by molar-refractivity contribution is 5.95. The maximum absolute atomic E-state index is 12.2. The predicted octanol–water partition coefficient (Wildman–Crippen LogP) is 1.39. The first-order chi connectivity index (χ1) is 9.37. The lowest BCUT2D eigenvalue weighted by Gasteiger charge is -2.14. The molecule has 8 heteroatoms. The summed E-state index contributed by atoms with van der Waals surface area (Å²) in [5.41, 5.74) is 0.489. The van der Waals surface area contributed by atoms with E-state index < -0.39 is 18.7 Å². The van der Waals surface area contributed by atoms with Gasteiger partial charge in [-0.05, 0) is 18.2 Å². The van der Waals surface area contributed by atoms with Crippen molar-refractivity contribution in [2.24, 2.45) is 0 Å². The summed E-state index contributed by atoms with van der Waals surface area (Å²) in [7, 11) is 1.53. The largest absolute Gasteiger partial charge is 0.482 e. The van der Waals surface area contributed by atoms with Gasteiger partial charge in [-0.2, -0.15) is 13.2 Å². The van der Waals surface area contributed by atoms with Gasteiger partial charge < -0.3 is 20.5 Å². The maximum atomic E-state index is 12.2. The summed E-state index contributed by atoms with van der Waals surface area (Å²) in [6.07, 6.45) is -4.46. The minimum absolute atomic E-state index is 0.0609. The standard InChI is InChI=1S/C12H15F3N2O3/c1-16-9-3-2-8(11(19)17-4-5-18)6-10(9)20-7-12(13,14)15/h2-3,6,16,18H,4-5,7H2,1H3,(H,17,19). The second kappa shape index (κ2) is 6.99. The lowest BCUT2D eigenvalue weighted by atomic mass is 10.1. The van der Waals surface area contributed by atoms with Gasteiger partial charge in [0.25, 0.3) is 5.91 Å². The molecule has 0 aliphatic heterocycles. The zero-order chi connectivity index (χ0) is 15.2. The highest BCUT2D eigenvalue weighted by Crippen LogP contribution is 2.27. The molecule has 0 unspecified atom stereocenters. The van der Waals surface area contributed by atoms with E-state index in [1.807, 2.05) is 0 Å². The predicted molar refractivity (Wildman–Crippen MR) is 67.0 cm³/mol. The molecule has 0 radical (unpaired) electrons. The Morgan fingerprint density at radius 2 is 2.10 bits per heavy atom. The number of carbonyl (C=O) groups excluding carboxylic acids is 1. The number of alkyl halides is 3. The lowest BCUT2D eigenvalue weighted by molar-refractivity contribution is -0.153. The molecule has 1 rings (SSSR count). The van der Waals surface area contributed by atoms with E-state index in [9.17, 15) is 18.0 Å². The molecule has 112 valence electrons. The normalized spacial score (nSPS) is 11.1. The van der Waals surface area contributed by atoms with Crippen LogP contribution in [0, 0.1) is 0 Å². The van der Waals surface area contributed by atoms with E-state index in [2.05, 4.69) is 15.4 Å². The number of nitrogens with one attached hydrogen (secondary N) is 2. The molecule has 0 atom stereocenters. The van der Waals surface area contributed by atoms with Crippen molar-refractivity contribution in [3.63, 3.8) is 0 Å². The van der Waals surface area contributed by atoms with Crippen molar-refractivity contribution in [2.75, 3.05) is 32.1 Å². The van der Waals surface area contributed by atoms with Crippen molar-refractivity contribution in [1.82, 2.24) is 5.32 Å². The Bertz CT molecular complexity index is 464. The molecule has 0 saturated carbocycles. The smallest absolute Gasteiger partial charge is 0.422 e. The highest BCUT2D eigenvalue weighted by atomic mass is 19.4. The molecule has 5 nitrogen and oxygen atoms in total. The summed E-state index contributed by atoms with van der Waals surface area (Å²) in [5.74, 6) is -0.569. The second-order valence-electron chi connectivity index (χ2n) is 3.84. The number of aliphatic hydroxyl groups excluding tert-OH is 1.